The van der Waals surface area contributed by atoms with Gasteiger partial charge in [-0.25, -0.2) is 0 Å². The summed E-state index contributed by atoms with van der Waals surface area (Å²) in [5.74, 6) is 4.49. The largest absolute Gasteiger partial charge is 0.327 e. The Labute approximate surface area is 91.6 Å². The summed E-state index contributed by atoms with van der Waals surface area (Å²) in [6.45, 7) is 6.03. The topological polar surface area (TPSA) is 29.3 Å². The fraction of sp³-hybridized carbons (Fsp3) is 1.00. The number of likely N-dealkylation sites (tertiary alicyclic amines) is 1. The van der Waals surface area contributed by atoms with E-state index in [0.717, 1.165) is 18.4 Å². The highest BCUT2D eigenvalue weighted by atomic mass is 32.2. The smallest absolute Gasteiger partial charge is 0.0170 e. The summed E-state index contributed by atoms with van der Waals surface area (Å²) in [4.78, 5) is 2.59. The van der Waals surface area contributed by atoms with E-state index in [9.17, 15) is 0 Å². The molecule has 2 heterocycles. The molecule has 2 N–H and O–H groups in total. The maximum absolute atomic E-state index is 6.04. The van der Waals surface area contributed by atoms with Crippen LogP contribution in [0.2, 0.25) is 0 Å². The van der Waals surface area contributed by atoms with Crippen molar-refractivity contribution in [3.05, 3.63) is 0 Å². The Balaban J connectivity index is 1.78. The average molecular weight is 214 g/mol. The van der Waals surface area contributed by atoms with E-state index < -0.39 is 0 Å². The van der Waals surface area contributed by atoms with Gasteiger partial charge in [0.2, 0.25) is 0 Å². The first kappa shape index (κ1) is 10.8. The molecule has 82 valence electrons. The molecule has 0 aromatic rings. The first-order chi connectivity index (χ1) is 6.74. The number of thioether (sulfide) groups is 1. The van der Waals surface area contributed by atoms with Crippen LogP contribution >= 0.6 is 11.8 Å². The van der Waals surface area contributed by atoms with Gasteiger partial charge in [0, 0.05) is 25.7 Å². The molecule has 0 saturated carbocycles. The van der Waals surface area contributed by atoms with Crippen molar-refractivity contribution >= 4 is 11.8 Å². The molecule has 0 aromatic heterocycles. The second-order valence-electron chi connectivity index (χ2n) is 5.05. The Kier molecular flexibility index (Phi) is 3.74. The first-order valence-corrected chi connectivity index (χ1v) is 6.95. The van der Waals surface area contributed by atoms with E-state index in [0.29, 0.717) is 6.04 Å². The molecule has 2 saturated heterocycles. The van der Waals surface area contributed by atoms with Crippen LogP contribution in [-0.2, 0) is 0 Å². The van der Waals surface area contributed by atoms with E-state index in [4.69, 9.17) is 5.73 Å². The number of hydrogen-bond donors (Lipinski definition) is 1. The van der Waals surface area contributed by atoms with Crippen molar-refractivity contribution in [2.45, 2.75) is 25.8 Å². The highest BCUT2D eigenvalue weighted by Crippen LogP contribution is 2.25. The van der Waals surface area contributed by atoms with Crippen LogP contribution in [0.15, 0.2) is 0 Å². The van der Waals surface area contributed by atoms with Crippen molar-refractivity contribution in [2.75, 3.05) is 31.1 Å². The van der Waals surface area contributed by atoms with Gasteiger partial charge in [-0.15, -0.1) is 0 Å². The van der Waals surface area contributed by atoms with Gasteiger partial charge in [0.25, 0.3) is 0 Å². The van der Waals surface area contributed by atoms with E-state index in [-0.39, 0.29) is 0 Å². The minimum atomic E-state index is 0.424. The maximum Gasteiger partial charge on any atom is 0.0170 e. The van der Waals surface area contributed by atoms with Crippen molar-refractivity contribution in [3.63, 3.8) is 0 Å². The van der Waals surface area contributed by atoms with Crippen molar-refractivity contribution < 1.29 is 0 Å². The molecule has 0 aliphatic carbocycles. The Hall–Kier alpha value is 0.270. The SMILES string of the molecule is CC1CC(N)CN(CC2CCSC2)C1. The van der Waals surface area contributed by atoms with E-state index in [2.05, 4.69) is 23.6 Å². The number of nitrogens with zero attached hydrogens (tertiary/aromatic N) is 1. The second kappa shape index (κ2) is 4.86. The minimum absolute atomic E-state index is 0.424. The number of piperidine rings is 1. The molecule has 3 unspecified atom stereocenters. The summed E-state index contributed by atoms with van der Waals surface area (Å²) in [6.07, 6.45) is 2.64. The van der Waals surface area contributed by atoms with Gasteiger partial charge < -0.3 is 10.6 Å². The lowest BCUT2D eigenvalue weighted by Gasteiger charge is -2.36. The predicted molar refractivity (Wildman–Crippen MR) is 63.6 cm³/mol. The summed E-state index contributed by atoms with van der Waals surface area (Å²) < 4.78 is 0. The summed E-state index contributed by atoms with van der Waals surface area (Å²) in [6, 6.07) is 0.424. The lowest BCUT2D eigenvalue weighted by Crippen LogP contribution is -2.47. The minimum Gasteiger partial charge on any atom is -0.327 e. The first-order valence-electron chi connectivity index (χ1n) is 5.79. The normalized spacial score (nSPS) is 40.3. The van der Waals surface area contributed by atoms with Gasteiger partial charge in [-0.2, -0.15) is 11.8 Å². The molecule has 0 radical (unpaired) electrons. The third-order valence-electron chi connectivity index (χ3n) is 3.31. The van der Waals surface area contributed by atoms with Gasteiger partial charge in [0.15, 0.2) is 0 Å². The van der Waals surface area contributed by atoms with E-state index >= 15 is 0 Å². The zero-order valence-corrected chi connectivity index (χ0v) is 9.93. The molecule has 2 aliphatic heterocycles. The van der Waals surface area contributed by atoms with E-state index in [1.165, 1.54) is 37.4 Å². The van der Waals surface area contributed by atoms with Crippen LogP contribution in [0.1, 0.15) is 19.8 Å². The highest BCUT2D eigenvalue weighted by molar-refractivity contribution is 7.99. The second-order valence-corrected chi connectivity index (χ2v) is 6.20. The van der Waals surface area contributed by atoms with Crippen molar-refractivity contribution in [3.8, 4) is 0 Å². The Morgan fingerprint density at radius 2 is 2.29 bits per heavy atom. The van der Waals surface area contributed by atoms with Crippen LogP contribution in [0.5, 0.6) is 0 Å². The maximum atomic E-state index is 6.04. The number of hydrogen-bond acceptors (Lipinski definition) is 3. The molecule has 2 nitrogen and oxygen atoms in total. The zero-order valence-electron chi connectivity index (χ0n) is 9.11. The van der Waals surface area contributed by atoms with Gasteiger partial charge in [0.1, 0.15) is 0 Å². The Morgan fingerprint density at radius 3 is 2.93 bits per heavy atom. The van der Waals surface area contributed by atoms with Gasteiger partial charge in [0.05, 0.1) is 0 Å². The summed E-state index contributed by atoms with van der Waals surface area (Å²) in [5, 5.41) is 0. The quantitative estimate of drug-likeness (QED) is 0.753. The summed E-state index contributed by atoms with van der Waals surface area (Å²) in [7, 11) is 0. The molecule has 0 amide bonds. The summed E-state index contributed by atoms with van der Waals surface area (Å²) in [5.41, 5.74) is 6.04. The van der Waals surface area contributed by atoms with Crippen molar-refractivity contribution in [1.29, 1.82) is 0 Å². The molecule has 2 aliphatic rings. The van der Waals surface area contributed by atoms with Crippen molar-refractivity contribution in [1.82, 2.24) is 4.90 Å². The lowest BCUT2D eigenvalue weighted by atomic mass is 9.95. The van der Waals surface area contributed by atoms with Crippen LogP contribution in [0.4, 0.5) is 0 Å². The predicted octanol–water partition coefficient (Wildman–Crippen LogP) is 1.41. The van der Waals surface area contributed by atoms with Gasteiger partial charge in [-0.3, -0.25) is 0 Å². The molecule has 2 fully saturated rings. The third-order valence-corrected chi connectivity index (χ3v) is 4.54. The van der Waals surface area contributed by atoms with Crippen LogP contribution < -0.4 is 5.73 Å². The fourth-order valence-corrected chi connectivity index (χ4v) is 4.03. The molecule has 2 rings (SSSR count). The molecular formula is C11H22N2S. The molecule has 14 heavy (non-hydrogen) atoms. The third kappa shape index (κ3) is 2.88. The van der Waals surface area contributed by atoms with Crippen molar-refractivity contribution in [2.24, 2.45) is 17.6 Å². The number of nitrogens with two attached hydrogens (primary N) is 1. The number of rotatable bonds is 2. The zero-order chi connectivity index (χ0) is 9.97. The Morgan fingerprint density at radius 1 is 1.43 bits per heavy atom. The van der Waals surface area contributed by atoms with Gasteiger partial charge >= 0.3 is 0 Å². The Bertz CT molecular complexity index is 170. The average Bonchev–Trinajstić information content (AvgIpc) is 2.54. The molecular weight excluding hydrogens is 192 g/mol. The van der Waals surface area contributed by atoms with Gasteiger partial charge in [-0.05, 0) is 36.2 Å². The molecule has 0 bridgehead atoms. The molecule has 3 heteroatoms. The fourth-order valence-electron chi connectivity index (χ4n) is 2.75. The van der Waals surface area contributed by atoms with Crippen LogP contribution in [-0.4, -0.2) is 42.1 Å². The molecule has 3 atom stereocenters. The van der Waals surface area contributed by atoms with Crippen LogP contribution in [0, 0.1) is 11.8 Å². The van der Waals surface area contributed by atoms with Gasteiger partial charge in [-0.1, -0.05) is 6.92 Å². The van der Waals surface area contributed by atoms with Crippen LogP contribution in [0.25, 0.3) is 0 Å². The lowest BCUT2D eigenvalue weighted by molar-refractivity contribution is 0.148. The highest BCUT2D eigenvalue weighted by Gasteiger charge is 2.25. The van der Waals surface area contributed by atoms with E-state index in [1.807, 2.05) is 0 Å². The summed E-state index contributed by atoms with van der Waals surface area (Å²) >= 11 is 2.11. The van der Waals surface area contributed by atoms with E-state index in [1.54, 1.807) is 0 Å². The van der Waals surface area contributed by atoms with Crippen LogP contribution in [0.3, 0.4) is 0 Å². The molecule has 0 spiro atoms. The standard InChI is InChI=1S/C11H22N2S/c1-9-4-11(12)7-13(5-9)6-10-2-3-14-8-10/h9-11H,2-8,12H2,1H3. The monoisotopic (exact) mass is 214 g/mol. The molecule has 0 aromatic carbocycles.